The first-order chi connectivity index (χ1) is 16.4. The number of aliphatic hydroxyl groups is 1. The van der Waals surface area contributed by atoms with Gasteiger partial charge in [-0.3, -0.25) is 19.5 Å². The Balaban J connectivity index is 1.83. The number of carbonyl (C=O) groups is 2. The van der Waals surface area contributed by atoms with Crippen molar-refractivity contribution in [1.82, 2.24) is 4.98 Å². The molecule has 7 nitrogen and oxygen atoms in total. The van der Waals surface area contributed by atoms with Crippen LogP contribution in [-0.2, 0) is 9.59 Å². The number of aromatic nitrogens is 1. The van der Waals surface area contributed by atoms with Gasteiger partial charge in [-0.05, 0) is 60.0 Å². The van der Waals surface area contributed by atoms with Crippen LogP contribution in [0.1, 0.15) is 31.0 Å². The minimum Gasteiger partial charge on any atom is -0.507 e. The first-order valence-electron chi connectivity index (χ1n) is 11.0. The number of carbonyl (C=O) groups excluding carboxylic acids is 2. The fraction of sp³-hybridized carbons (Fsp3) is 0.222. The van der Waals surface area contributed by atoms with Crippen LogP contribution in [0.15, 0.2) is 78.6 Å². The van der Waals surface area contributed by atoms with E-state index in [9.17, 15) is 14.7 Å². The average Bonchev–Trinajstić information content (AvgIpc) is 3.13. The quantitative estimate of drug-likeness (QED) is 0.312. The number of amides is 1. The molecule has 1 fully saturated rings. The van der Waals surface area contributed by atoms with Gasteiger partial charge in [0, 0.05) is 23.6 Å². The van der Waals surface area contributed by atoms with Gasteiger partial charge < -0.3 is 14.6 Å². The molecule has 7 heteroatoms. The largest absolute Gasteiger partial charge is 0.507 e. The highest BCUT2D eigenvalue weighted by atomic mass is 16.5. The van der Waals surface area contributed by atoms with E-state index < -0.39 is 17.7 Å². The van der Waals surface area contributed by atoms with Gasteiger partial charge in [0.15, 0.2) is 0 Å². The molecule has 1 aliphatic rings. The number of anilines is 1. The molecule has 2 aromatic carbocycles. The van der Waals surface area contributed by atoms with E-state index >= 15 is 0 Å². The number of aliphatic hydroxyl groups excluding tert-OH is 1. The monoisotopic (exact) mass is 458 g/mol. The molecule has 0 spiro atoms. The molecule has 34 heavy (non-hydrogen) atoms. The van der Waals surface area contributed by atoms with Crippen LogP contribution >= 0.6 is 0 Å². The van der Waals surface area contributed by atoms with E-state index in [-0.39, 0.29) is 11.3 Å². The summed E-state index contributed by atoms with van der Waals surface area (Å²) in [5, 5.41) is 11.3. The van der Waals surface area contributed by atoms with E-state index in [2.05, 4.69) is 4.98 Å². The maximum absolute atomic E-state index is 13.2. The average molecular weight is 459 g/mol. The third-order valence-corrected chi connectivity index (χ3v) is 5.51. The fourth-order valence-corrected chi connectivity index (χ4v) is 3.85. The molecule has 1 unspecified atom stereocenters. The Morgan fingerprint density at radius 3 is 2.38 bits per heavy atom. The summed E-state index contributed by atoms with van der Waals surface area (Å²) in [5.74, 6) is -0.212. The predicted molar refractivity (Wildman–Crippen MR) is 129 cm³/mol. The maximum atomic E-state index is 13.2. The second kappa shape index (κ2) is 9.79. The summed E-state index contributed by atoms with van der Waals surface area (Å²) >= 11 is 0. The number of hydrogen-bond donors (Lipinski definition) is 1. The van der Waals surface area contributed by atoms with E-state index in [0.29, 0.717) is 40.8 Å². The summed E-state index contributed by atoms with van der Waals surface area (Å²) < 4.78 is 11.0. The highest BCUT2D eigenvalue weighted by molar-refractivity contribution is 6.51. The molecule has 174 valence electrons. The normalized spacial score (nSPS) is 17.3. The van der Waals surface area contributed by atoms with Gasteiger partial charge in [0.05, 0.1) is 25.3 Å². The van der Waals surface area contributed by atoms with Crippen LogP contribution in [0.5, 0.6) is 11.5 Å². The van der Waals surface area contributed by atoms with Gasteiger partial charge in [0.1, 0.15) is 17.3 Å². The van der Waals surface area contributed by atoms with Crippen LogP contribution in [0, 0.1) is 5.92 Å². The summed E-state index contributed by atoms with van der Waals surface area (Å²) in [7, 11) is 1.55. The number of ketones is 1. The second-order valence-electron chi connectivity index (χ2n) is 8.38. The van der Waals surface area contributed by atoms with E-state index in [1.165, 1.54) is 4.90 Å². The minimum absolute atomic E-state index is 0.00743. The Morgan fingerprint density at radius 2 is 1.74 bits per heavy atom. The molecule has 4 rings (SSSR count). The molecule has 0 radical (unpaired) electrons. The Labute approximate surface area is 198 Å². The Kier molecular flexibility index (Phi) is 6.63. The first-order valence-corrected chi connectivity index (χ1v) is 11.0. The lowest BCUT2D eigenvalue weighted by Gasteiger charge is -2.25. The van der Waals surface area contributed by atoms with E-state index in [0.717, 1.165) is 0 Å². The number of Topliss-reactive ketones (excluding diaryl/α,β-unsaturated/α-hetero) is 1. The summed E-state index contributed by atoms with van der Waals surface area (Å²) in [6.45, 7) is 4.60. The number of rotatable bonds is 7. The van der Waals surface area contributed by atoms with Crippen molar-refractivity contribution in [3.63, 3.8) is 0 Å². The highest BCUT2D eigenvalue weighted by Gasteiger charge is 2.47. The summed E-state index contributed by atoms with van der Waals surface area (Å²) in [5.41, 5.74) is 1.57. The Bertz CT molecular complexity index is 1220. The van der Waals surface area contributed by atoms with Crippen LogP contribution in [0.2, 0.25) is 0 Å². The van der Waals surface area contributed by atoms with Crippen molar-refractivity contribution in [2.24, 2.45) is 5.92 Å². The van der Waals surface area contributed by atoms with Crippen molar-refractivity contribution in [3.05, 3.63) is 89.8 Å². The number of nitrogens with zero attached hydrogens (tertiary/aromatic N) is 2. The van der Waals surface area contributed by atoms with E-state index in [1.807, 2.05) is 13.8 Å². The zero-order valence-corrected chi connectivity index (χ0v) is 19.3. The molecule has 3 aromatic rings. The molecule has 1 N–H and O–H groups in total. The highest BCUT2D eigenvalue weighted by Crippen LogP contribution is 2.42. The maximum Gasteiger partial charge on any atom is 0.300 e. The standard InChI is InChI=1S/C27H26N2O5/c1-17(2)16-34-22-6-4-5-19(15-22)25(30)23-24(18-11-13-28-14-12-18)29(27(32)26(23)31)20-7-9-21(33-3)10-8-20/h4-15,17,24,30H,16H2,1-3H3/b25-23-. The van der Waals surface area contributed by atoms with Crippen molar-refractivity contribution in [2.75, 3.05) is 18.6 Å². The third kappa shape index (κ3) is 4.50. The fourth-order valence-electron chi connectivity index (χ4n) is 3.85. The van der Waals surface area contributed by atoms with Gasteiger partial charge in [-0.2, -0.15) is 0 Å². The summed E-state index contributed by atoms with van der Waals surface area (Å²) in [4.78, 5) is 31.9. The number of pyridine rings is 1. The first kappa shape index (κ1) is 23.0. The van der Waals surface area contributed by atoms with Crippen molar-refractivity contribution in [1.29, 1.82) is 0 Å². The molecular formula is C27H26N2O5. The molecule has 2 heterocycles. The summed E-state index contributed by atoms with van der Waals surface area (Å²) in [6.07, 6.45) is 3.17. The molecule has 1 aliphatic heterocycles. The lowest BCUT2D eigenvalue weighted by atomic mass is 9.95. The molecular weight excluding hydrogens is 432 g/mol. The number of benzene rings is 2. The third-order valence-electron chi connectivity index (χ3n) is 5.51. The SMILES string of the molecule is COc1ccc(N2C(=O)C(=O)/C(=C(\O)c3cccc(OCC(C)C)c3)C2c2ccncc2)cc1. The van der Waals surface area contributed by atoms with Crippen molar-refractivity contribution in [2.45, 2.75) is 19.9 Å². The molecule has 1 aromatic heterocycles. The minimum atomic E-state index is -0.823. The molecule has 0 bridgehead atoms. The smallest absolute Gasteiger partial charge is 0.300 e. The van der Waals surface area contributed by atoms with Gasteiger partial charge >= 0.3 is 0 Å². The molecule has 1 amide bonds. The number of hydrogen-bond acceptors (Lipinski definition) is 6. The van der Waals surface area contributed by atoms with Crippen LogP contribution in [-0.4, -0.2) is 35.5 Å². The van der Waals surface area contributed by atoms with Gasteiger partial charge in [-0.25, -0.2) is 0 Å². The number of methoxy groups -OCH3 is 1. The molecule has 0 aliphatic carbocycles. The van der Waals surface area contributed by atoms with Crippen LogP contribution < -0.4 is 14.4 Å². The summed E-state index contributed by atoms with van der Waals surface area (Å²) in [6, 6.07) is 16.4. The van der Waals surface area contributed by atoms with Crippen LogP contribution in [0.4, 0.5) is 5.69 Å². The zero-order valence-electron chi connectivity index (χ0n) is 19.3. The molecule has 1 atom stereocenters. The Hall–Kier alpha value is -4.13. The van der Waals surface area contributed by atoms with Gasteiger partial charge in [0.25, 0.3) is 11.7 Å². The topological polar surface area (TPSA) is 89.0 Å². The van der Waals surface area contributed by atoms with Crippen molar-refractivity contribution in [3.8, 4) is 11.5 Å². The lowest BCUT2D eigenvalue weighted by Crippen LogP contribution is -2.29. The Morgan fingerprint density at radius 1 is 1.03 bits per heavy atom. The zero-order chi connectivity index (χ0) is 24.2. The van der Waals surface area contributed by atoms with Crippen molar-refractivity contribution >= 4 is 23.1 Å². The molecule has 1 saturated heterocycles. The van der Waals surface area contributed by atoms with Crippen LogP contribution in [0.3, 0.4) is 0 Å². The predicted octanol–water partition coefficient (Wildman–Crippen LogP) is 4.75. The van der Waals surface area contributed by atoms with E-state index in [4.69, 9.17) is 9.47 Å². The number of ether oxygens (including phenoxy) is 2. The van der Waals surface area contributed by atoms with Gasteiger partial charge in [0.2, 0.25) is 0 Å². The lowest BCUT2D eigenvalue weighted by molar-refractivity contribution is -0.132. The second-order valence-corrected chi connectivity index (χ2v) is 8.38. The molecule has 0 saturated carbocycles. The van der Waals surface area contributed by atoms with Gasteiger partial charge in [-0.1, -0.05) is 26.0 Å². The van der Waals surface area contributed by atoms with Crippen molar-refractivity contribution < 1.29 is 24.2 Å². The van der Waals surface area contributed by atoms with Gasteiger partial charge in [-0.15, -0.1) is 0 Å². The van der Waals surface area contributed by atoms with E-state index in [1.54, 1.807) is 80.2 Å². The van der Waals surface area contributed by atoms with Crippen LogP contribution in [0.25, 0.3) is 5.76 Å².